The van der Waals surface area contributed by atoms with Gasteiger partial charge in [-0.3, -0.25) is 0 Å². The zero-order valence-corrected chi connectivity index (χ0v) is 9.60. The van der Waals surface area contributed by atoms with Gasteiger partial charge in [0.1, 0.15) is 5.82 Å². The van der Waals surface area contributed by atoms with E-state index in [-0.39, 0.29) is 11.1 Å². The van der Waals surface area contributed by atoms with Crippen molar-refractivity contribution in [3.63, 3.8) is 0 Å². The largest absolute Gasteiger partial charge is 0.478 e. The molecule has 4 heteroatoms. The maximum absolute atomic E-state index is 10.7. The fourth-order valence-electron chi connectivity index (χ4n) is 2.20. The molecule has 0 bridgehead atoms. The van der Waals surface area contributed by atoms with Gasteiger partial charge in [-0.2, -0.15) is 0 Å². The molecular formula is C12H16N2O2. The highest BCUT2D eigenvalue weighted by Gasteiger charge is 2.32. The van der Waals surface area contributed by atoms with Gasteiger partial charge in [-0.05, 0) is 38.8 Å². The standard InChI is InChI=1S/C12H16N2O2/c1-12(2)6-3-7-14(12)10-5-4-9(8-13-10)11(15)16/h4-5,8H,3,6-7H2,1-2H3,(H,15,16). The molecule has 2 heterocycles. The fraction of sp³-hybridized carbons (Fsp3) is 0.500. The van der Waals surface area contributed by atoms with Gasteiger partial charge in [0.05, 0.1) is 5.56 Å². The first kappa shape index (κ1) is 10.9. The minimum Gasteiger partial charge on any atom is -0.478 e. The van der Waals surface area contributed by atoms with Crippen LogP contribution in [0.4, 0.5) is 5.82 Å². The molecule has 1 aliphatic rings. The zero-order valence-electron chi connectivity index (χ0n) is 9.60. The van der Waals surface area contributed by atoms with Crippen molar-refractivity contribution in [2.45, 2.75) is 32.2 Å². The Kier molecular flexibility index (Phi) is 2.58. The van der Waals surface area contributed by atoms with E-state index < -0.39 is 5.97 Å². The summed E-state index contributed by atoms with van der Waals surface area (Å²) in [6.07, 6.45) is 3.73. The van der Waals surface area contributed by atoms with E-state index in [2.05, 4.69) is 23.7 Å². The van der Waals surface area contributed by atoms with Crippen LogP contribution in [0, 0.1) is 0 Å². The molecular weight excluding hydrogens is 204 g/mol. The van der Waals surface area contributed by atoms with E-state index in [0.29, 0.717) is 0 Å². The topological polar surface area (TPSA) is 53.4 Å². The molecule has 1 aromatic heterocycles. The van der Waals surface area contributed by atoms with Crippen LogP contribution in [-0.2, 0) is 0 Å². The Bertz CT molecular complexity index is 398. The van der Waals surface area contributed by atoms with Crippen LogP contribution in [0.15, 0.2) is 18.3 Å². The van der Waals surface area contributed by atoms with Crippen LogP contribution in [0.1, 0.15) is 37.0 Å². The van der Waals surface area contributed by atoms with Crippen molar-refractivity contribution in [3.05, 3.63) is 23.9 Å². The van der Waals surface area contributed by atoms with Crippen LogP contribution in [0.3, 0.4) is 0 Å². The van der Waals surface area contributed by atoms with Gasteiger partial charge in [0.25, 0.3) is 0 Å². The number of carboxylic acid groups (broad SMARTS) is 1. The van der Waals surface area contributed by atoms with Gasteiger partial charge in [0.2, 0.25) is 0 Å². The van der Waals surface area contributed by atoms with Crippen molar-refractivity contribution in [3.8, 4) is 0 Å². The van der Waals surface area contributed by atoms with Gasteiger partial charge in [-0.1, -0.05) is 0 Å². The lowest BCUT2D eigenvalue weighted by Gasteiger charge is -2.32. The van der Waals surface area contributed by atoms with Gasteiger partial charge >= 0.3 is 5.97 Å². The Labute approximate surface area is 94.9 Å². The van der Waals surface area contributed by atoms with Gasteiger partial charge in [0, 0.05) is 18.3 Å². The summed E-state index contributed by atoms with van der Waals surface area (Å²) in [5.74, 6) is -0.0627. The molecule has 16 heavy (non-hydrogen) atoms. The molecule has 1 fully saturated rings. The first-order valence-corrected chi connectivity index (χ1v) is 5.48. The number of anilines is 1. The smallest absolute Gasteiger partial charge is 0.337 e. The Hall–Kier alpha value is -1.58. The molecule has 0 unspecified atom stereocenters. The molecule has 4 nitrogen and oxygen atoms in total. The molecule has 2 rings (SSSR count). The third kappa shape index (κ3) is 1.87. The normalized spacial score (nSPS) is 18.8. The van der Waals surface area contributed by atoms with E-state index >= 15 is 0 Å². The number of pyridine rings is 1. The van der Waals surface area contributed by atoms with Gasteiger partial charge in [-0.25, -0.2) is 9.78 Å². The van der Waals surface area contributed by atoms with Crippen molar-refractivity contribution in [2.24, 2.45) is 0 Å². The summed E-state index contributed by atoms with van der Waals surface area (Å²) in [6, 6.07) is 3.40. The number of carbonyl (C=O) groups is 1. The van der Waals surface area contributed by atoms with E-state index in [1.165, 1.54) is 6.20 Å². The molecule has 0 radical (unpaired) electrons. The van der Waals surface area contributed by atoms with E-state index in [1.54, 1.807) is 12.1 Å². The van der Waals surface area contributed by atoms with Crippen LogP contribution >= 0.6 is 0 Å². The first-order valence-electron chi connectivity index (χ1n) is 5.48. The average molecular weight is 220 g/mol. The summed E-state index contributed by atoms with van der Waals surface area (Å²) in [5.41, 5.74) is 0.360. The van der Waals surface area contributed by atoms with Crippen LogP contribution in [0.25, 0.3) is 0 Å². The highest BCUT2D eigenvalue weighted by molar-refractivity contribution is 5.87. The van der Waals surface area contributed by atoms with Crippen LogP contribution < -0.4 is 4.90 Å². The highest BCUT2D eigenvalue weighted by Crippen LogP contribution is 2.32. The average Bonchev–Trinajstić information content (AvgIpc) is 2.58. The summed E-state index contributed by atoms with van der Waals surface area (Å²) in [4.78, 5) is 17.2. The second-order valence-corrected chi connectivity index (χ2v) is 4.78. The van der Waals surface area contributed by atoms with Crippen molar-refractivity contribution >= 4 is 11.8 Å². The number of rotatable bonds is 2. The van der Waals surface area contributed by atoms with Crippen molar-refractivity contribution < 1.29 is 9.90 Å². The van der Waals surface area contributed by atoms with Crippen LogP contribution in [-0.4, -0.2) is 28.1 Å². The molecule has 1 saturated heterocycles. The summed E-state index contributed by atoms with van der Waals surface area (Å²) < 4.78 is 0. The Morgan fingerprint density at radius 3 is 2.69 bits per heavy atom. The predicted molar refractivity (Wildman–Crippen MR) is 61.9 cm³/mol. The summed E-state index contributed by atoms with van der Waals surface area (Å²) >= 11 is 0. The maximum atomic E-state index is 10.7. The molecule has 0 aliphatic carbocycles. The molecule has 0 saturated carbocycles. The molecule has 1 aromatic rings. The molecule has 1 N–H and O–H groups in total. The monoisotopic (exact) mass is 220 g/mol. The lowest BCUT2D eigenvalue weighted by atomic mass is 10.0. The lowest BCUT2D eigenvalue weighted by molar-refractivity contribution is 0.0696. The zero-order chi connectivity index (χ0) is 11.8. The molecule has 0 spiro atoms. The molecule has 86 valence electrons. The number of hydrogen-bond donors (Lipinski definition) is 1. The SMILES string of the molecule is CC1(C)CCCN1c1ccc(C(=O)O)cn1. The van der Waals surface area contributed by atoms with Crippen molar-refractivity contribution in [2.75, 3.05) is 11.4 Å². The second-order valence-electron chi connectivity index (χ2n) is 4.78. The van der Waals surface area contributed by atoms with Gasteiger partial charge < -0.3 is 10.0 Å². The van der Waals surface area contributed by atoms with Crippen LogP contribution in [0.2, 0.25) is 0 Å². The number of aromatic nitrogens is 1. The predicted octanol–water partition coefficient (Wildman–Crippen LogP) is 2.16. The Morgan fingerprint density at radius 2 is 2.25 bits per heavy atom. The summed E-state index contributed by atoms with van der Waals surface area (Å²) in [6.45, 7) is 5.37. The third-order valence-corrected chi connectivity index (χ3v) is 3.17. The van der Waals surface area contributed by atoms with E-state index in [0.717, 1.165) is 25.2 Å². The Morgan fingerprint density at radius 1 is 1.50 bits per heavy atom. The van der Waals surface area contributed by atoms with Gasteiger partial charge in [0.15, 0.2) is 0 Å². The minimum absolute atomic E-state index is 0.123. The number of carboxylic acids is 1. The molecule has 0 atom stereocenters. The van der Waals surface area contributed by atoms with E-state index in [4.69, 9.17) is 5.11 Å². The minimum atomic E-state index is -0.931. The Balaban J connectivity index is 2.25. The van der Waals surface area contributed by atoms with Crippen molar-refractivity contribution in [1.29, 1.82) is 0 Å². The first-order chi connectivity index (χ1) is 7.50. The van der Waals surface area contributed by atoms with Gasteiger partial charge in [-0.15, -0.1) is 0 Å². The quantitative estimate of drug-likeness (QED) is 0.829. The summed E-state index contributed by atoms with van der Waals surface area (Å²) in [7, 11) is 0. The lowest BCUT2D eigenvalue weighted by Crippen LogP contribution is -2.38. The molecule has 0 amide bonds. The third-order valence-electron chi connectivity index (χ3n) is 3.17. The van der Waals surface area contributed by atoms with E-state index in [1.807, 2.05) is 0 Å². The fourth-order valence-corrected chi connectivity index (χ4v) is 2.20. The van der Waals surface area contributed by atoms with Crippen molar-refractivity contribution in [1.82, 2.24) is 4.98 Å². The number of aromatic carboxylic acids is 1. The molecule has 1 aliphatic heterocycles. The van der Waals surface area contributed by atoms with Crippen LogP contribution in [0.5, 0.6) is 0 Å². The highest BCUT2D eigenvalue weighted by atomic mass is 16.4. The molecule has 0 aromatic carbocycles. The number of hydrogen-bond acceptors (Lipinski definition) is 3. The second kappa shape index (κ2) is 3.77. The number of nitrogens with zero attached hydrogens (tertiary/aromatic N) is 2. The summed E-state index contributed by atoms with van der Waals surface area (Å²) in [5, 5.41) is 8.79. The van der Waals surface area contributed by atoms with E-state index in [9.17, 15) is 4.79 Å². The maximum Gasteiger partial charge on any atom is 0.337 e.